The number of hydrogen-bond acceptors (Lipinski definition) is 3. The zero-order valence-corrected chi connectivity index (χ0v) is 14.8. The second kappa shape index (κ2) is 8.71. The third kappa shape index (κ3) is 5.25. The van der Waals surface area contributed by atoms with Crippen LogP contribution in [-0.4, -0.2) is 24.5 Å². The Morgan fingerprint density at radius 3 is 2.08 bits per heavy atom. The summed E-state index contributed by atoms with van der Waals surface area (Å²) in [4.78, 5) is 24.4. The first-order valence-electron chi connectivity index (χ1n) is 8.83. The zero-order chi connectivity index (χ0) is 17.5. The van der Waals surface area contributed by atoms with E-state index in [1.165, 1.54) is 0 Å². The van der Waals surface area contributed by atoms with Gasteiger partial charge in [0.15, 0.2) is 0 Å². The predicted molar refractivity (Wildman–Crippen MR) is 95.0 cm³/mol. The molecule has 0 aromatic heterocycles. The van der Waals surface area contributed by atoms with Gasteiger partial charge in [-0.2, -0.15) is 0 Å². The lowest BCUT2D eigenvalue weighted by Gasteiger charge is -2.27. The summed E-state index contributed by atoms with van der Waals surface area (Å²) in [6.07, 6.45) is 3.08. The van der Waals surface area contributed by atoms with Crippen molar-refractivity contribution in [3.05, 3.63) is 24.3 Å². The Bertz CT molecular complexity index is 546. The highest BCUT2D eigenvalue weighted by Gasteiger charge is 2.30. The van der Waals surface area contributed by atoms with E-state index >= 15 is 0 Å². The largest absolute Gasteiger partial charge is 0.494 e. The summed E-state index contributed by atoms with van der Waals surface area (Å²) in [5.41, 5.74) is 0.781. The number of carbonyl (C=O) groups is 2. The molecule has 2 rings (SSSR count). The van der Waals surface area contributed by atoms with Crippen LogP contribution in [0.15, 0.2) is 24.3 Å². The molecule has 1 fully saturated rings. The normalized spacial score (nSPS) is 20.5. The van der Waals surface area contributed by atoms with Gasteiger partial charge in [-0.25, -0.2) is 0 Å². The number of carbonyl (C=O) groups excluding carboxylic acids is 2. The van der Waals surface area contributed by atoms with Crippen molar-refractivity contribution < 1.29 is 14.3 Å². The number of anilines is 1. The van der Waals surface area contributed by atoms with Gasteiger partial charge in [0.05, 0.1) is 6.61 Å². The molecule has 0 radical (unpaired) electrons. The van der Waals surface area contributed by atoms with Crippen LogP contribution in [0, 0.1) is 11.8 Å². The highest BCUT2D eigenvalue weighted by Crippen LogP contribution is 2.30. The maximum atomic E-state index is 12.4. The number of nitrogens with one attached hydrogen (secondary N) is 2. The Labute approximate surface area is 144 Å². The molecule has 132 valence electrons. The van der Waals surface area contributed by atoms with Crippen molar-refractivity contribution in [3.8, 4) is 5.75 Å². The maximum absolute atomic E-state index is 12.4. The van der Waals surface area contributed by atoms with Crippen LogP contribution < -0.4 is 15.4 Å². The van der Waals surface area contributed by atoms with E-state index in [1.807, 2.05) is 45.0 Å². The molecule has 24 heavy (non-hydrogen) atoms. The average molecular weight is 332 g/mol. The molecule has 0 heterocycles. The Kier molecular flexibility index (Phi) is 6.64. The predicted octanol–water partition coefficient (Wildman–Crippen LogP) is 3.35. The quantitative estimate of drug-likeness (QED) is 0.839. The van der Waals surface area contributed by atoms with Crippen molar-refractivity contribution >= 4 is 17.5 Å². The summed E-state index contributed by atoms with van der Waals surface area (Å²) in [5.74, 6) is 0.992. The van der Waals surface area contributed by atoms with Crippen molar-refractivity contribution in [1.29, 1.82) is 0 Å². The lowest BCUT2D eigenvalue weighted by molar-refractivity contribution is -0.128. The van der Waals surface area contributed by atoms with E-state index in [9.17, 15) is 9.59 Å². The standard InChI is InChI=1S/C19H28N2O3/c1-4-24-17-11-9-16(10-12-17)21-19(23)15-7-5-14(6-8-15)18(22)20-13(2)3/h9-15H,4-8H2,1-3H3,(H,20,22)(H,21,23). The van der Waals surface area contributed by atoms with Gasteiger partial charge in [0.1, 0.15) is 5.75 Å². The fraction of sp³-hybridized carbons (Fsp3) is 0.579. The van der Waals surface area contributed by atoms with E-state index in [0.717, 1.165) is 37.1 Å². The van der Waals surface area contributed by atoms with Crippen LogP contribution >= 0.6 is 0 Å². The van der Waals surface area contributed by atoms with Crippen molar-refractivity contribution in [3.63, 3.8) is 0 Å². The Morgan fingerprint density at radius 1 is 1.04 bits per heavy atom. The van der Waals surface area contributed by atoms with E-state index < -0.39 is 0 Å². The number of rotatable bonds is 6. The van der Waals surface area contributed by atoms with Gasteiger partial charge in [-0.05, 0) is 70.7 Å². The van der Waals surface area contributed by atoms with E-state index in [0.29, 0.717) is 6.61 Å². The summed E-state index contributed by atoms with van der Waals surface area (Å²) in [5, 5.41) is 5.92. The molecule has 5 nitrogen and oxygen atoms in total. The van der Waals surface area contributed by atoms with Gasteiger partial charge in [0.2, 0.25) is 11.8 Å². The third-order valence-corrected chi connectivity index (χ3v) is 4.33. The minimum absolute atomic E-state index is 0.0142. The molecule has 1 saturated carbocycles. The summed E-state index contributed by atoms with van der Waals surface area (Å²) < 4.78 is 5.39. The van der Waals surface area contributed by atoms with E-state index in [1.54, 1.807) is 0 Å². The number of ether oxygens (including phenoxy) is 1. The molecule has 0 spiro atoms. The molecule has 1 aliphatic rings. The van der Waals surface area contributed by atoms with Gasteiger partial charge in [0.25, 0.3) is 0 Å². The van der Waals surface area contributed by atoms with Crippen LogP contribution in [0.3, 0.4) is 0 Å². The number of hydrogen-bond donors (Lipinski definition) is 2. The highest BCUT2D eigenvalue weighted by molar-refractivity contribution is 5.92. The van der Waals surface area contributed by atoms with Crippen LogP contribution in [0.2, 0.25) is 0 Å². The molecular formula is C19H28N2O3. The van der Waals surface area contributed by atoms with Gasteiger partial charge in [-0.3, -0.25) is 9.59 Å². The van der Waals surface area contributed by atoms with Gasteiger partial charge >= 0.3 is 0 Å². The van der Waals surface area contributed by atoms with Crippen LogP contribution in [0.25, 0.3) is 0 Å². The molecule has 1 aromatic carbocycles. The SMILES string of the molecule is CCOc1ccc(NC(=O)C2CCC(C(=O)NC(C)C)CC2)cc1. The molecular weight excluding hydrogens is 304 g/mol. The van der Waals surface area contributed by atoms with Crippen molar-refractivity contribution in [2.24, 2.45) is 11.8 Å². The maximum Gasteiger partial charge on any atom is 0.227 e. The number of amides is 2. The van der Waals surface area contributed by atoms with Crippen molar-refractivity contribution in [2.45, 2.75) is 52.5 Å². The molecule has 2 amide bonds. The fourth-order valence-corrected chi connectivity index (χ4v) is 3.07. The van der Waals surface area contributed by atoms with Gasteiger partial charge in [-0.15, -0.1) is 0 Å². The topological polar surface area (TPSA) is 67.4 Å². The van der Waals surface area contributed by atoms with E-state index in [-0.39, 0.29) is 29.7 Å². The van der Waals surface area contributed by atoms with Crippen LogP contribution in [0.1, 0.15) is 46.5 Å². The summed E-state index contributed by atoms with van der Waals surface area (Å²) in [7, 11) is 0. The monoisotopic (exact) mass is 332 g/mol. The van der Waals surface area contributed by atoms with E-state index in [4.69, 9.17) is 4.74 Å². The lowest BCUT2D eigenvalue weighted by atomic mass is 9.81. The molecule has 0 aliphatic heterocycles. The molecule has 2 N–H and O–H groups in total. The Balaban J connectivity index is 1.81. The molecule has 1 aromatic rings. The first kappa shape index (κ1) is 18.3. The second-order valence-electron chi connectivity index (χ2n) is 6.66. The molecule has 0 bridgehead atoms. The van der Waals surface area contributed by atoms with Crippen LogP contribution in [0.4, 0.5) is 5.69 Å². The first-order chi connectivity index (χ1) is 11.5. The van der Waals surface area contributed by atoms with Crippen LogP contribution in [-0.2, 0) is 9.59 Å². The van der Waals surface area contributed by atoms with E-state index in [2.05, 4.69) is 10.6 Å². The Morgan fingerprint density at radius 2 is 1.58 bits per heavy atom. The smallest absolute Gasteiger partial charge is 0.227 e. The average Bonchev–Trinajstić information content (AvgIpc) is 2.56. The van der Waals surface area contributed by atoms with Gasteiger partial charge in [-0.1, -0.05) is 0 Å². The molecule has 5 heteroatoms. The molecule has 0 unspecified atom stereocenters. The first-order valence-corrected chi connectivity index (χ1v) is 8.83. The third-order valence-electron chi connectivity index (χ3n) is 4.33. The Hall–Kier alpha value is -2.04. The molecule has 0 atom stereocenters. The second-order valence-corrected chi connectivity index (χ2v) is 6.66. The minimum Gasteiger partial charge on any atom is -0.494 e. The molecule has 1 aliphatic carbocycles. The number of benzene rings is 1. The summed E-state index contributed by atoms with van der Waals surface area (Å²) in [6, 6.07) is 7.58. The van der Waals surface area contributed by atoms with Crippen molar-refractivity contribution in [2.75, 3.05) is 11.9 Å². The lowest BCUT2D eigenvalue weighted by Crippen LogP contribution is -2.38. The van der Waals surface area contributed by atoms with Crippen LogP contribution in [0.5, 0.6) is 5.75 Å². The fourth-order valence-electron chi connectivity index (χ4n) is 3.07. The van der Waals surface area contributed by atoms with Gasteiger partial charge in [0, 0.05) is 23.6 Å². The minimum atomic E-state index is -0.0142. The zero-order valence-electron chi connectivity index (χ0n) is 14.8. The van der Waals surface area contributed by atoms with Gasteiger partial charge < -0.3 is 15.4 Å². The summed E-state index contributed by atoms with van der Waals surface area (Å²) >= 11 is 0. The summed E-state index contributed by atoms with van der Waals surface area (Å²) in [6.45, 7) is 6.49. The highest BCUT2D eigenvalue weighted by atomic mass is 16.5. The van der Waals surface area contributed by atoms with Crippen molar-refractivity contribution in [1.82, 2.24) is 5.32 Å². The molecule has 0 saturated heterocycles.